The molecule has 0 aliphatic carbocycles. The van der Waals surface area contributed by atoms with Crippen molar-refractivity contribution >= 4 is 0 Å². The summed E-state index contributed by atoms with van der Waals surface area (Å²) in [5, 5.41) is 3.39. The Kier molecular flexibility index (Phi) is 2.40. The molecular formula is C11H17NO. The molecule has 0 radical (unpaired) electrons. The van der Waals surface area contributed by atoms with E-state index in [1.807, 2.05) is 6.07 Å². The average molecular weight is 179 g/mol. The summed E-state index contributed by atoms with van der Waals surface area (Å²) in [7, 11) is 0. The van der Waals surface area contributed by atoms with Crippen LogP contribution in [0.3, 0.4) is 0 Å². The third kappa shape index (κ3) is 1.51. The molecule has 1 aliphatic heterocycles. The predicted molar refractivity (Wildman–Crippen MR) is 52.8 cm³/mol. The summed E-state index contributed by atoms with van der Waals surface area (Å²) < 4.78 is 5.54. The third-order valence-electron chi connectivity index (χ3n) is 3.28. The van der Waals surface area contributed by atoms with E-state index in [2.05, 4.69) is 18.3 Å². The van der Waals surface area contributed by atoms with Gasteiger partial charge in [0.15, 0.2) is 0 Å². The van der Waals surface area contributed by atoms with E-state index < -0.39 is 0 Å². The van der Waals surface area contributed by atoms with Crippen molar-refractivity contribution in [2.75, 3.05) is 13.1 Å². The van der Waals surface area contributed by atoms with Crippen LogP contribution in [0.15, 0.2) is 22.8 Å². The zero-order valence-electron chi connectivity index (χ0n) is 8.18. The maximum Gasteiger partial charge on any atom is 0.109 e. The summed E-state index contributed by atoms with van der Waals surface area (Å²) in [5.41, 5.74) is 0.314. The van der Waals surface area contributed by atoms with Gasteiger partial charge in [0, 0.05) is 5.41 Å². The van der Waals surface area contributed by atoms with Gasteiger partial charge < -0.3 is 9.73 Å². The van der Waals surface area contributed by atoms with Gasteiger partial charge in [0.2, 0.25) is 0 Å². The van der Waals surface area contributed by atoms with Crippen LogP contribution in [0.5, 0.6) is 0 Å². The molecule has 0 amide bonds. The van der Waals surface area contributed by atoms with Crippen molar-refractivity contribution in [1.82, 2.24) is 5.32 Å². The van der Waals surface area contributed by atoms with E-state index in [-0.39, 0.29) is 0 Å². The van der Waals surface area contributed by atoms with Gasteiger partial charge in [0.1, 0.15) is 5.76 Å². The Morgan fingerprint density at radius 2 is 2.23 bits per heavy atom. The average Bonchev–Trinajstić information content (AvgIpc) is 2.72. The van der Waals surface area contributed by atoms with Gasteiger partial charge in [-0.25, -0.2) is 0 Å². The molecular weight excluding hydrogens is 162 g/mol. The van der Waals surface area contributed by atoms with Gasteiger partial charge in [-0.15, -0.1) is 0 Å². The van der Waals surface area contributed by atoms with Crippen molar-refractivity contribution in [2.45, 2.75) is 31.6 Å². The first-order valence-electron chi connectivity index (χ1n) is 5.12. The lowest BCUT2D eigenvalue weighted by Gasteiger charge is -2.34. The Labute approximate surface area is 79.3 Å². The number of hydrogen-bond donors (Lipinski definition) is 1. The first kappa shape index (κ1) is 8.82. The summed E-state index contributed by atoms with van der Waals surface area (Å²) in [6.07, 6.45) is 5.38. The minimum absolute atomic E-state index is 0.314. The standard InChI is InChI=1S/C11H17NO/c1-2-11(5-7-12-8-6-11)10-4-3-9-13-10/h3-4,9,12H,2,5-8H2,1H3. The summed E-state index contributed by atoms with van der Waals surface area (Å²) in [4.78, 5) is 0. The second-order valence-electron chi connectivity index (χ2n) is 3.86. The first-order valence-corrected chi connectivity index (χ1v) is 5.12. The summed E-state index contributed by atoms with van der Waals surface area (Å²) >= 11 is 0. The molecule has 0 atom stereocenters. The van der Waals surface area contributed by atoms with E-state index >= 15 is 0 Å². The second kappa shape index (κ2) is 3.54. The van der Waals surface area contributed by atoms with Gasteiger partial charge in [0.05, 0.1) is 6.26 Å². The molecule has 0 unspecified atom stereocenters. The molecule has 1 N–H and O–H groups in total. The maximum atomic E-state index is 5.54. The Bertz CT molecular complexity index is 247. The van der Waals surface area contributed by atoms with Gasteiger partial charge in [-0.2, -0.15) is 0 Å². The summed E-state index contributed by atoms with van der Waals surface area (Å²) in [6.45, 7) is 4.50. The molecule has 72 valence electrons. The summed E-state index contributed by atoms with van der Waals surface area (Å²) in [5.74, 6) is 1.18. The Balaban J connectivity index is 2.23. The number of hydrogen-bond acceptors (Lipinski definition) is 2. The molecule has 13 heavy (non-hydrogen) atoms. The molecule has 2 rings (SSSR count). The molecule has 1 aromatic heterocycles. The Hall–Kier alpha value is -0.760. The van der Waals surface area contributed by atoms with E-state index in [1.54, 1.807) is 6.26 Å². The number of nitrogens with one attached hydrogen (secondary N) is 1. The van der Waals surface area contributed by atoms with Gasteiger partial charge in [-0.3, -0.25) is 0 Å². The van der Waals surface area contributed by atoms with Crippen LogP contribution < -0.4 is 5.32 Å². The Morgan fingerprint density at radius 1 is 1.46 bits per heavy atom. The van der Waals surface area contributed by atoms with Crippen LogP contribution in [-0.2, 0) is 5.41 Å². The normalized spacial score (nSPS) is 21.6. The smallest absolute Gasteiger partial charge is 0.109 e. The second-order valence-corrected chi connectivity index (χ2v) is 3.86. The fourth-order valence-electron chi connectivity index (χ4n) is 2.26. The first-order chi connectivity index (χ1) is 6.37. The van der Waals surface area contributed by atoms with Crippen LogP contribution in [0.25, 0.3) is 0 Å². The highest BCUT2D eigenvalue weighted by molar-refractivity contribution is 5.15. The molecule has 1 saturated heterocycles. The molecule has 1 fully saturated rings. The highest BCUT2D eigenvalue weighted by Gasteiger charge is 2.34. The number of piperidine rings is 1. The summed E-state index contributed by atoms with van der Waals surface area (Å²) in [6, 6.07) is 4.11. The molecule has 1 aliphatic rings. The highest BCUT2D eigenvalue weighted by atomic mass is 16.3. The van der Waals surface area contributed by atoms with Crippen LogP contribution in [0, 0.1) is 0 Å². The van der Waals surface area contributed by atoms with E-state index in [0.717, 1.165) is 13.1 Å². The third-order valence-corrected chi connectivity index (χ3v) is 3.28. The molecule has 0 spiro atoms. The van der Waals surface area contributed by atoms with Crippen LogP contribution in [0.4, 0.5) is 0 Å². The molecule has 0 aromatic carbocycles. The highest BCUT2D eigenvalue weighted by Crippen LogP contribution is 2.36. The van der Waals surface area contributed by atoms with E-state index in [9.17, 15) is 0 Å². The minimum atomic E-state index is 0.314. The fraction of sp³-hybridized carbons (Fsp3) is 0.636. The molecule has 2 heterocycles. The van der Waals surface area contributed by atoms with E-state index in [1.165, 1.54) is 25.0 Å². The topological polar surface area (TPSA) is 25.2 Å². The van der Waals surface area contributed by atoms with Gasteiger partial charge >= 0.3 is 0 Å². The van der Waals surface area contributed by atoms with Gasteiger partial charge in [-0.1, -0.05) is 6.92 Å². The van der Waals surface area contributed by atoms with E-state index in [4.69, 9.17) is 4.42 Å². The zero-order chi connectivity index (χ0) is 9.15. The largest absolute Gasteiger partial charge is 0.469 e. The lowest BCUT2D eigenvalue weighted by atomic mass is 9.75. The maximum absolute atomic E-state index is 5.54. The molecule has 2 heteroatoms. The molecule has 0 bridgehead atoms. The van der Waals surface area contributed by atoms with Crippen LogP contribution >= 0.6 is 0 Å². The quantitative estimate of drug-likeness (QED) is 0.753. The van der Waals surface area contributed by atoms with Crippen molar-refractivity contribution in [3.8, 4) is 0 Å². The van der Waals surface area contributed by atoms with Crippen molar-refractivity contribution in [1.29, 1.82) is 0 Å². The lowest BCUT2D eigenvalue weighted by Crippen LogP contribution is -2.39. The van der Waals surface area contributed by atoms with Crippen LogP contribution in [-0.4, -0.2) is 13.1 Å². The van der Waals surface area contributed by atoms with Crippen molar-refractivity contribution < 1.29 is 4.42 Å². The van der Waals surface area contributed by atoms with Crippen molar-refractivity contribution in [3.63, 3.8) is 0 Å². The fourth-order valence-corrected chi connectivity index (χ4v) is 2.26. The van der Waals surface area contributed by atoms with Gasteiger partial charge in [0.25, 0.3) is 0 Å². The van der Waals surface area contributed by atoms with Crippen molar-refractivity contribution in [3.05, 3.63) is 24.2 Å². The predicted octanol–water partition coefficient (Wildman–Crippen LogP) is 2.31. The number of furan rings is 1. The molecule has 2 nitrogen and oxygen atoms in total. The lowest BCUT2D eigenvalue weighted by molar-refractivity contribution is 0.248. The monoisotopic (exact) mass is 179 g/mol. The van der Waals surface area contributed by atoms with Crippen LogP contribution in [0.1, 0.15) is 31.9 Å². The SMILES string of the molecule is CCC1(c2ccco2)CCNCC1. The van der Waals surface area contributed by atoms with Crippen molar-refractivity contribution in [2.24, 2.45) is 0 Å². The zero-order valence-corrected chi connectivity index (χ0v) is 8.18. The van der Waals surface area contributed by atoms with Gasteiger partial charge in [-0.05, 0) is 44.5 Å². The minimum Gasteiger partial charge on any atom is -0.469 e. The molecule has 1 aromatic rings. The van der Waals surface area contributed by atoms with E-state index in [0.29, 0.717) is 5.41 Å². The Morgan fingerprint density at radius 3 is 2.77 bits per heavy atom. The number of rotatable bonds is 2. The molecule has 0 saturated carbocycles. The van der Waals surface area contributed by atoms with Crippen LogP contribution in [0.2, 0.25) is 0 Å².